The Morgan fingerprint density at radius 1 is 1.36 bits per heavy atom. The van der Waals surface area contributed by atoms with Crippen LogP contribution in [0.15, 0.2) is 0 Å². The Hall–Kier alpha value is -0.570. The molecule has 3 heterocycles. The Morgan fingerprint density at radius 2 is 2.09 bits per heavy atom. The summed E-state index contributed by atoms with van der Waals surface area (Å²) in [6.45, 7) is 3.72. The highest BCUT2D eigenvalue weighted by Gasteiger charge is 2.34. The summed E-state index contributed by atoms with van der Waals surface area (Å²) in [5.74, 6) is 0.790. The number of hydrogen-bond acceptors (Lipinski definition) is 3. The van der Waals surface area contributed by atoms with E-state index in [4.69, 9.17) is 4.74 Å². The predicted molar refractivity (Wildman–Crippen MR) is 39.5 cm³/mol. The highest BCUT2D eigenvalue weighted by Crippen LogP contribution is 2.31. The van der Waals surface area contributed by atoms with Gasteiger partial charge in [-0.1, -0.05) is 0 Å². The Balaban J connectivity index is 1.97. The highest BCUT2D eigenvalue weighted by atomic mass is 16.5. The molecule has 3 rings (SSSR count). The van der Waals surface area contributed by atoms with Gasteiger partial charge in [-0.2, -0.15) is 0 Å². The summed E-state index contributed by atoms with van der Waals surface area (Å²) in [5, 5.41) is 0. The van der Waals surface area contributed by atoms with Crippen molar-refractivity contribution >= 4 is 6.47 Å². The van der Waals surface area contributed by atoms with E-state index >= 15 is 0 Å². The van der Waals surface area contributed by atoms with Gasteiger partial charge in [0.1, 0.15) is 0 Å². The molecule has 2 bridgehead atoms. The molecule has 1 radical (unpaired) electrons. The lowest BCUT2D eigenvalue weighted by atomic mass is 9.87. The predicted octanol–water partition coefficient (Wildman–Crippen LogP) is 0.512. The molecule has 1 atom stereocenters. The third kappa shape index (κ3) is 1.25. The summed E-state index contributed by atoms with van der Waals surface area (Å²) < 4.78 is 4.84. The second kappa shape index (κ2) is 2.81. The van der Waals surface area contributed by atoms with Crippen molar-refractivity contribution in [2.75, 3.05) is 13.1 Å². The fourth-order valence-corrected chi connectivity index (χ4v) is 2.09. The van der Waals surface area contributed by atoms with Crippen LogP contribution in [-0.2, 0) is 9.53 Å². The number of nitrogens with zero attached hydrogens (tertiary/aromatic N) is 1. The minimum absolute atomic E-state index is 0.0417. The first-order valence-corrected chi connectivity index (χ1v) is 4.17. The molecule has 0 aromatic carbocycles. The number of fused-ring (bicyclic) bond motifs is 3. The van der Waals surface area contributed by atoms with Crippen LogP contribution < -0.4 is 0 Å². The summed E-state index contributed by atoms with van der Waals surface area (Å²) in [5.41, 5.74) is 0. The van der Waals surface area contributed by atoms with Gasteiger partial charge in [0.2, 0.25) is 0 Å². The van der Waals surface area contributed by atoms with Crippen LogP contribution in [0.4, 0.5) is 0 Å². The van der Waals surface area contributed by atoms with Crippen molar-refractivity contribution in [2.45, 2.75) is 25.5 Å². The van der Waals surface area contributed by atoms with E-state index in [2.05, 4.69) is 4.90 Å². The first kappa shape index (κ1) is 7.10. The van der Waals surface area contributed by atoms with Crippen LogP contribution in [0.25, 0.3) is 0 Å². The molecule has 0 N–H and O–H groups in total. The van der Waals surface area contributed by atoms with Crippen molar-refractivity contribution in [3.63, 3.8) is 0 Å². The van der Waals surface area contributed by atoms with E-state index in [0.717, 1.165) is 25.4 Å². The zero-order chi connectivity index (χ0) is 7.68. The smallest absolute Gasteiger partial charge is 0.419 e. The lowest BCUT2D eigenvalue weighted by Gasteiger charge is -2.43. The lowest BCUT2D eigenvalue weighted by molar-refractivity contribution is -0.0687. The van der Waals surface area contributed by atoms with Crippen molar-refractivity contribution in [3.05, 3.63) is 0 Å². The third-order valence-electron chi connectivity index (χ3n) is 2.78. The maximum atomic E-state index is 9.98. The van der Waals surface area contributed by atoms with E-state index in [0.29, 0.717) is 0 Å². The van der Waals surface area contributed by atoms with Gasteiger partial charge in [0.05, 0.1) is 0 Å². The SMILES string of the molecule is O=[C]OC1CC2CCN1CC2. The van der Waals surface area contributed by atoms with Gasteiger partial charge in [-0.15, -0.1) is 0 Å². The first-order chi connectivity index (χ1) is 5.40. The third-order valence-corrected chi connectivity index (χ3v) is 2.78. The zero-order valence-corrected chi connectivity index (χ0v) is 6.45. The van der Waals surface area contributed by atoms with E-state index in [9.17, 15) is 4.79 Å². The molecule has 3 saturated heterocycles. The minimum Gasteiger partial charge on any atom is -0.438 e. The topological polar surface area (TPSA) is 29.5 Å². The minimum atomic E-state index is 0.0417. The largest absolute Gasteiger partial charge is 0.438 e. The van der Waals surface area contributed by atoms with Crippen molar-refractivity contribution in [2.24, 2.45) is 5.92 Å². The van der Waals surface area contributed by atoms with E-state index in [1.54, 1.807) is 0 Å². The second-order valence-electron chi connectivity index (χ2n) is 3.37. The molecule has 61 valence electrons. The highest BCUT2D eigenvalue weighted by molar-refractivity contribution is 5.38. The molecule has 3 heteroatoms. The molecule has 11 heavy (non-hydrogen) atoms. The molecule has 0 amide bonds. The molecule has 0 spiro atoms. The number of carbonyl (C=O) groups excluding carboxylic acids is 1. The molecule has 3 nitrogen and oxygen atoms in total. The number of ether oxygens (including phenoxy) is 1. The van der Waals surface area contributed by atoms with Crippen LogP contribution >= 0.6 is 0 Å². The van der Waals surface area contributed by atoms with Crippen molar-refractivity contribution in [3.8, 4) is 0 Å². The van der Waals surface area contributed by atoms with Gasteiger partial charge >= 0.3 is 6.47 Å². The number of rotatable bonds is 2. The van der Waals surface area contributed by atoms with E-state index in [1.165, 1.54) is 19.3 Å². The Labute approximate surface area is 66.3 Å². The van der Waals surface area contributed by atoms with Crippen LogP contribution in [0.2, 0.25) is 0 Å². The first-order valence-electron chi connectivity index (χ1n) is 4.17. The van der Waals surface area contributed by atoms with Crippen molar-refractivity contribution in [1.29, 1.82) is 0 Å². The van der Waals surface area contributed by atoms with Gasteiger partial charge in [-0.05, 0) is 18.8 Å². The van der Waals surface area contributed by atoms with Gasteiger partial charge < -0.3 is 4.74 Å². The molecule has 1 unspecified atom stereocenters. The molecule has 0 aromatic heterocycles. The van der Waals surface area contributed by atoms with Gasteiger partial charge in [-0.3, -0.25) is 4.90 Å². The summed E-state index contributed by atoms with van der Waals surface area (Å²) in [6, 6.07) is 0. The molecule has 0 saturated carbocycles. The number of piperidine rings is 3. The summed E-state index contributed by atoms with van der Waals surface area (Å²) in [6.07, 6.45) is 3.62. The monoisotopic (exact) mass is 154 g/mol. The summed E-state index contributed by atoms with van der Waals surface area (Å²) >= 11 is 0. The lowest BCUT2D eigenvalue weighted by Crippen LogP contribution is -2.49. The molecule has 3 fully saturated rings. The molecule has 3 aliphatic heterocycles. The summed E-state index contributed by atoms with van der Waals surface area (Å²) in [4.78, 5) is 12.2. The molecule has 3 aliphatic rings. The fourth-order valence-electron chi connectivity index (χ4n) is 2.09. The van der Waals surface area contributed by atoms with Crippen molar-refractivity contribution < 1.29 is 9.53 Å². The Morgan fingerprint density at radius 3 is 2.55 bits per heavy atom. The molecular weight excluding hydrogens is 142 g/mol. The van der Waals surface area contributed by atoms with E-state index in [-0.39, 0.29) is 6.23 Å². The molecular formula is C8H12NO2. The normalized spacial score (nSPS) is 42.0. The Kier molecular flexibility index (Phi) is 1.82. The van der Waals surface area contributed by atoms with Gasteiger partial charge in [0, 0.05) is 19.5 Å². The molecule has 0 aromatic rings. The fraction of sp³-hybridized carbons (Fsp3) is 0.875. The van der Waals surface area contributed by atoms with Gasteiger partial charge in [0.25, 0.3) is 0 Å². The van der Waals surface area contributed by atoms with Gasteiger partial charge in [0.15, 0.2) is 6.23 Å². The maximum absolute atomic E-state index is 9.98. The average molecular weight is 154 g/mol. The van der Waals surface area contributed by atoms with Crippen molar-refractivity contribution in [1.82, 2.24) is 4.90 Å². The second-order valence-corrected chi connectivity index (χ2v) is 3.37. The standard InChI is InChI=1S/C8H12NO2/c10-6-11-8-5-7-1-3-9(8)4-2-7/h7-8H,1-5H2. The van der Waals surface area contributed by atoms with Crippen LogP contribution in [0.3, 0.4) is 0 Å². The van der Waals surface area contributed by atoms with Crippen LogP contribution in [0.1, 0.15) is 19.3 Å². The summed E-state index contributed by atoms with van der Waals surface area (Å²) in [7, 11) is 0. The van der Waals surface area contributed by atoms with E-state index in [1.807, 2.05) is 0 Å². The Bertz CT molecular complexity index is 152. The molecule has 0 aliphatic carbocycles. The van der Waals surface area contributed by atoms with Gasteiger partial charge in [-0.25, -0.2) is 4.79 Å². The average Bonchev–Trinajstić information content (AvgIpc) is 2.07. The zero-order valence-electron chi connectivity index (χ0n) is 6.45. The quantitative estimate of drug-likeness (QED) is 0.580. The maximum Gasteiger partial charge on any atom is 0.419 e. The van der Waals surface area contributed by atoms with Crippen LogP contribution in [-0.4, -0.2) is 30.7 Å². The van der Waals surface area contributed by atoms with Crippen LogP contribution in [0.5, 0.6) is 0 Å². The van der Waals surface area contributed by atoms with Crippen LogP contribution in [0, 0.1) is 5.92 Å². The van der Waals surface area contributed by atoms with E-state index < -0.39 is 0 Å². The number of hydrogen-bond donors (Lipinski definition) is 0.